The molecule has 120 valence electrons. The Morgan fingerprint density at radius 1 is 1.25 bits per heavy atom. The Balaban J connectivity index is 1.95. The summed E-state index contributed by atoms with van der Waals surface area (Å²) in [5.41, 5.74) is 2.14. The van der Waals surface area contributed by atoms with Crippen LogP contribution in [0.2, 0.25) is 5.02 Å². The van der Waals surface area contributed by atoms with Crippen LogP contribution in [0.25, 0.3) is 10.9 Å². The van der Waals surface area contributed by atoms with Crippen molar-refractivity contribution in [3.63, 3.8) is 0 Å². The number of hydrogen-bond donors (Lipinski definition) is 2. The highest BCUT2D eigenvalue weighted by Gasteiger charge is 2.32. The van der Waals surface area contributed by atoms with Gasteiger partial charge in [0.05, 0.1) is 17.0 Å². The van der Waals surface area contributed by atoms with Gasteiger partial charge in [0.15, 0.2) is 0 Å². The van der Waals surface area contributed by atoms with Crippen LogP contribution in [0.4, 0.5) is 5.69 Å². The maximum absolute atomic E-state index is 12.8. The molecule has 4 nitrogen and oxygen atoms in total. The number of aromatic nitrogens is 1. The molecule has 0 saturated carbocycles. The second kappa shape index (κ2) is 6.03. The molecule has 3 rings (SSSR count). The summed E-state index contributed by atoms with van der Waals surface area (Å²) in [6.07, 6.45) is 1.84. The van der Waals surface area contributed by atoms with Gasteiger partial charge >= 0.3 is 0 Å². The first-order valence-electron chi connectivity index (χ1n) is 7.50. The molecular weight excluding hydrogens is 322 g/mol. The first-order valence-corrected chi connectivity index (χ1v) is 7.88. The third-order valence-corrected chi connectivity index (χ3v) is 4.37. The number of halogens is 1. The minimum absolute atomic E-state index is 0.154. The van der Waals surface area contributed by atoms with Gasteiger partial charge in [-0.25, -0.2) is 0 Å². The molecule has 3 aromatic rings. The molecule has 0 atom stereocenters. The average molecular weight is 338 g/mol. The standard InChI is InChI=1S/C19H16ClN3O/c1-19(2,16-11-22-17-7-6-13(20)9-15(16)17)18(24)23-14-5-3-4-12(8-14)10-21/h3-9,11,22H,1-2H3,(H,23,24). The molecule has 0 spiro atoms. The molecular formula is C19H16ClN3O. The minimum Gasteiger partial charge on any atom is -0.361 e. The molecule has 24 heavy (non-hydrogen) atoms. The van der Waals surface area contributed by atoms with Crippen LogP contribution in [0.1, 0.15) is 25.0 Å². The number of anilines is 1. The smallest absolute Gasteiger partial charge is 0.234 e. The van der Waals surface area contributed by atoms with E-state index in [-0.39, 0.29) is 5.91 Å². The number of aromatic amines is 1. The fourth-order valence-electron chi connectivity index (χ4n) is 2.69. The predicted octanol–water partition coefficient (Wildman–Crippen LogP) is 4.61. The zero-order valence-corrected chi connectivity index (χ0v) is 14.1. The molecule has 1 aromatic heterocycles. The zero-order chi connectivity index (χ0) is 17.3. The largest absolute Gasteiger partial charge is 0.361 e. The predicted molar refractivity (Wildman–Crippen MR) is 96.1 cm³/mol. The normalized spacial score (nSPS) is 11.2. The van der Waals surface area contributed by atoms with Crippen molar-refractivity contribution in [1.82, 2.24) is 4.98 Å². The van der Waals surface area contributed by atoms with Crippen molar-refractivity contribution >= 4 is 34.1 Å². The van der Waals surface area contributed by atoms with E-state index in [0.717, 1.165) is 16.5 Å². The van der Waals surface area contributed by atoms with Crippen LogP contribution in [-0.2, 0) is 10.2 Å². The third-order valence-electron chi connectivity index (χ3n) is 4.13. The van der Waals surface area contributed by atoms with E-state index in [2.05, 4.69) is 16.4 Å². The van der Waals surface area contributed by atoms with E-state index >= 15 is 0 Å². The Morgan fingerprint density at radius 2 is 2.04 bits per heavy atom. The number of fused-ring (bicyclic) bond motifs is 1. The van der Waals surface area contributed by atoms with E-state index in [0.29, 0.717) is 16.3 Å². The molecule has 2 N–H and O–H groups in total. The molecule has 0 bridgehead atoms. The first kappa shape index (κ1) is 16.1. The Morgan fingerprint density at radius 3 is 2.79 bits per heavy atom. The molecule has 0 saturated heterocycles. The molecule has 2 aromatic carbocycles. The van der Waals surface area contributed by atoms with Crippen LogP contribution >= 0.6 is 11.6 Å². The Hall–Kier alpha value is -2.77. The van der Waals surface area contributed by atoms with Gasteiger partial charge in [0, 0.05) is 27.8 Å². The van der Waals surface area contributed by atoms with Gasteiger partial charge in [0.25, 0.3) is 0 Å². The van der Waals surface area contributed by atoms with Gasteiger partial charge < -0.3 is 10.3 Å². The van der Waals surface area contributed by atoms with Gasteiger partial charge in [-0.3, -0.25) is 4.79 Å². The van der Waals surface area contributed by atoms with Crippen molar-refractivity contribution in [2.45, 2.75) is 19.3 Å². The number of hydrogen-bond acceptors (Lipinski definition) is 2. The van der Waals surface area contributed by atoms with Crippen molar-refractivity contribution in [2.75, 3.05) is 5.32 Å². The average Bonchev–Trinajstić information content (AvgIpc) is 2.98. The summed E-state index contributed by atoms with van der Waals surface area (Å²) in [6, 6.07) is 14.5. The molecule has 0 radical (unpaired) electrons. The van der Waals surface area contributed by atoms with E-state index < -0.39 is 5.41 Å². The van der Waals surface area contributed by atoms with Crippen LogP contribution in [-0.4, -0.2) is 10.9 Å². The lowest BCUT2D eigenvalue weighted by molar-refractivity contribution is -0.120. The van der Waals surface area contributed by atoms with E-state index in [1.54, 1.807) is 24.3 Å². The molecule has 1 amide bonds. The fraction of sp³-hybridized carbons (Fsp3) is 0.158. The summed E-state index contributed by atoms with van der Waals surface area (Å²) >= 11 is 6.10. The Kier molecular flexibility index (Phi) is 4.04. The van der Waals surface area contributed by atoms with E-state index in [4.69, 9.17) is 16.9 Å². The number of amides is 1. The Bertz CT molecular complexity index is 966. The van der Waals surface area contributed by atoms with Gasteiger partial charge in [-0.15, -0.1) is 0 Å². The highest BCUT2D eigenvalue weighted by molar-refractivity contribution is 6.31. The number of H-pyrrole nitrogens is 1. The van der Waals surface area contributed by atoms with Crippen molar-refractivity contribution in [3.05, 3.63) is 64.8 Å². The topological polar surface area (TPSA) is 68.7 Å². The minimum atomic E-state index is -0.772. The van der Waals surface area contributed by atoms with Crippen LogP contribution in [0.3, 0.4) is 0 Å². The van der Waals surface area contributed by atoms with Crippen LogP contribution < -0.4 is 5.32 Å². The van der Waals surface area contributed by atoms with Gasteiger partial charge in [-0.1, -0.05) is 17.7 Å². The lowest BCUT2D eigenvalue weighted by Crippen LogP contribution is -2.34. The monoisotopic (exact) mass is 337 g/mol. The summed E-state index contributed by atoms with van der Waals surface area (Å²) < 4.78 is 0. The van der Waals surface area contributed by atoms with Gasteiger partial charge in [0.2, 0.25) is 5.91 Å². The number of carbonyl (C=O) groups is 1. The van der Waals surface area contributed by atoms with Crippen molar-refractivity contribution in [3.8, 4) is 6.07 Å². The maximum Gasteiger partial charge on any atom is 0.234 e. The number of nitriles is 1. The number of nitrogens with zero attached hydrogens (tertiary/aromatic N) is 1. The fourth-order valence-corrected chi connectivity index (χ4v) is 2.86. The summed E-state index contributed by atoms with van der Waals surface area (Å²) in [4.78, 5) is 16.0. The first-order chi connectivity index (χ1) is 11.4. The molecule has 5 heteroatoms. The molecule has 1 heterocycles. The van der Waals surface area contributed by atoms with Crippen LogP contribution in [0, 0.1) is 11.3 Å². The number of nitrogens with one attached hydrogen (secondary N) is 2. The quantitative estimate of drug-likeness (QED) is 0.732. The second-order valence-electron chi connectivity index (χ2n) is 6.16. The highest BCUT2D eigenvalue weighted by Crippen LogP contribution is 2.33. The summed E-state index contributed by atoms with van der Waals surface area (Å²) in [5, 5.41) is 13.4. The van der Waals surface area contributed by atoms with E-state index in [9.17, 15) is 4.79 Å². The number of benzene rings is 2. The van der Waals surface area contributed by atoms with Gasteiger partial charge in [-0.05, 0) is 55.8 Å². The van der Waals surface area contributed by atoms with E-state index in [1.807, 2.05) is 38.2 Å². The second-order valence-corrected chi connectivity index (χ2v) is 6.60. The van der Waals surface area contributed by atoms with Gasteiger partial charge in [-0.2, -0.15) is 5.26 Å². The molecule has 0 aliphatic rings. The van der Waals surface area contributed by atoms with Crippen molar-refractivity contribution < 1.29 is 4.79 Å². The molecule has 0 fully saturated rings. The third kappa shape index (κ3) is 2.86. The lowest BCUT2D eigenvalue weighted by atomic mass is 9.83. The SMILES string of the molecule is CC(C)(C(=O)Nc1cccc(C#N)c1)c1c[nH]c2ccc(Cl)cc12. The Labute approximate surface area is 145 Å². The highest BCUT2D eigenvalue weighted by atomic mass is 35.5. The number of rotatable bonds is 3. The molecule has 0 aliphatic heterocycles. The van der Waals surface area contributed by atoms with Crippen molar-refractivity contribution in [1.29, 1.82) is 5.26 Å². The van der Waals surface area contributed by atoms with E-state index in [1.165, 1.54) is 0 Å². The summed E-state index contributed by atoms with van der Waals surface area (Å²) in [6.45, 7) is 3.72. The zero-order valence-electron chi connectivity index (χ0n) is 13.4. The van der Waals surface area contributed by atoms with Crippen LogP contribution in [0.5, 0.6) is 0 Å². The van der Waals surface area contributed by atoms with Crippen molar-refractivity contribution in [2.24, 2.45) is 0 Å². The molecule has 0 unspecified atom stereocenters. The summed E-state index contributed by atoms with van der Waals surface area (Å²) in [5.74, 6) is -0.154. The molecule has 0 aliphatic carbocycles. The summed E-state index contributed by atoms with van der Waals surface area (Å²) in [7, 11) is 0. The van der Waals surface area contributed by atoms with Gasteiger partial charge in [0.1, 0.15) is 0 Å². The lowest BCUT2D eigenvalue weighted by Gasteiger charge is -2.23. The maximum atomic E-state index is 12.8. The van der Waals surface area contributed by atoms with Crippen LogP contribution in [0.15, 0.2) is 48.7 Å². The number of carbonyl (C=O) groups excluding carboxylic acids is 1.